The van der Waals surface area contributed by atoms with Crippen LogP contribution in [0.3, 0.4) is 0 Å². The summed E-state index contributed by atoms with van der Waals surface area (Å²) < 4.78 is 28.2. The van der Waals surface area contributed by atoms with Crippen LogP contribution in [0.1, 0.15) is 36.0 Å². The molecule has 0 spiro atoms. The summed E-state index contributed by atoms with van der Waals surface area (Å²) in [6.07, 6.45) is 6.37. The largest absolute Gasteiger partial charge is 0.435 e. The highest BCUT2D eigenvalue weighted by molar-refractivity contribution is 5.94. The van der Waals surface area contributed by atoms with Gasteiger partial charge in [0.15, 0.2) is 0 Å². The van der Waals surface area contributed by atoms with E-state index in [4.69, 9.17) is 0 Å². The molecule has 1 aliphatic carbocycles. The molecule has 1 aromatic carbocycles. The molecule has 0 saturated heterocycles. The van der Waals surface area contributed by atoms with Crippen LogP contribution in [0.4, 0.5) is 8.78 Å². The Balaban J connectivity index is 1.91. The smallest absolute Gasteiger partial charge is 0.387 e. The van der Waals surface area contributed by atoms with Crippen molar-refractivity contribution in [3.8, 4) is 5.75 Å². The normalized spacial score (nSPS) is 16.4. The lowest BCUT2D eigenvalue weighted by Crippen LogP contribution is -2.36. The van der Waals surface area contributed by atoms with Gasteiger partial charge >= 0.3 is 6.61 Å². The van der Waals surface area contributed by atoms with Crippen LogP contribution < -0.4 is 10.1 Å². The quantitative estimate of drug-likeness (QED) is 0.910. The highest BCUT2D eigenvalue weighted by atomic mass is 19.3. The molecule has 0 heterocycles. The van der Waals surface area contributed by atoms with Crippen molar-refractivity contribution in [1.29, 1.82) is 0 Å². The van der Waals surface area contributed by atoms with Gasteiger partial charge in [-0.15, -0.1) is 0 Å². The molecule has 5 heteroatoms. The fourth-order valence-corrected chi connectivity index (χ4v) is 2.12. The number of nitrogens with one attached hydrogen (secondary N) is 1. The number of ether oxygens (including phenoxy) is 1. The Bertz CT molecular complexity index is 414. The topological polar surface area (TPSA) is 38.3 Å². The van der Waals surface area contributed by atoms with Crippen molar-refractivity contribution in [1.82, 2.24) is 5.32 Å². The van der Waals surface area contributed by atoms with E-state index < -0.39 is 6.61 Å². The van der Waals surface area contributed by atoms with Crippen LogP contribution in [0, 0.1) is 6.42 Å². The van der Waals surface area contributed by atoms with E-state index in [1.807, 2.05) is 0 Å². The van der Waals surface area contributed by atoms with Crippen molar-refractivity contribution in [2.75, 3.05) is 0 Å². The number of amides is 1. The lowest BCUT2D eigenvalue weighted by molar-refractivity contribution is -0.0498. The minimum absolute atomic E-state index is 0.0516. The van der Waals surface area contributed by atoms with Crippen LogP contribution in [0.15, 0.2) is 24.3 Å². The summed E-state index contributed by atoms with van der Waals surface area (Å²) in [4.78, 5) is 11.9. The van der Waals surface area contributed by atoms with E-state index >= 15 is 0 Å². The van der Waals surface area contributed by atoms with Gasteiger partial charge in [-0.25, -0.2) is 0 Å². The first kappa shape index (κ1) is 13.8. The van der Waals surface area contributed by atoms with E-state index in [-0.39, 0.29) is 17.7 Å². The van der Waals surface area contributed by atoms with E-state index in [2.05, 4.69) is 16.5 Å². The molecule has 1 unspecified atom stereocenters. The lowest BCUT2D eigenvalue weighted by atomic mass is 9.95. The molecule has 19 heavy (non-hydrogen) atoms. The Hall–Kier alpha value is -1.65. The molecular weight excluding hydrogens is 252 g/mol. The van der Waals surface area contributed by atoms with E-state index in [0.29, 0.717) is 5.56 Å². The first-order valence-corrected chi connectivity index (χ1v) is 6.34. The molecular formula is C14H16F2NO2. The van der Waals surface area contributed by atoms with Gasteiger partial charge in [-0.05, 0) is 43.5 Å². The third-order valence-corrected chi connectivity index (χ3v) is 3.08. The summed E-state index contributed by atoms with van der Waals surface area (Å²) in [6.45, 7) is -2.85. The number of hydrogen-bond acceptors (Lipinski definition) is 2. The van der Waals surface area contributed by atoms with E-state index in [1.165, 1.54) is 30.7 Å². The van der Waals surface area contributed by atoms with Crippen molar-refractivity contribution in [2.24, 2.45) is 0 Å². The maximum Gasteiger partial charge on any atom is 0.387 e. The maximum atomic E-state index is 12.0. The summed E-state index contributed by atoms with van der Waals surface area (Å²) in [5.74, 6) is -0.137. The van der Waals surface area contributed by atoms with Gasteiger partial charge in [0.05, 0.1) is 0 Å². The summed E-state index contributed by atoms with van der Waals surface area (Å²) in [7, 11) is 0. The minimum Gasteiger partial charge on any atom is -0.435 e. The summed E-state index contributed by atoms with van der Waals surface area (Å²) >= 11 is 0. The van der Waals surface area contributed by atoms with Crippen LogP contribution in [0.5, 0.6) is 5.75 Å². The van der Waals surface area contributed by atoms with Gasteiger partial charge in [0, 0.05) is 11.6 Å². The average molecular weight is 268 g/mol. The molecule has 1 aromatic rings. The summed E-state index contributed by atoms with van der Waals surface area (Å²) in [5, 5.41) is 2.91. The third-order valence-electron chi connectivity index (χ3n) is 3.08. The predicted octanol–water partition coefficient (Wildman–Crippen LogP) is 3.16. The Morgan fingerprint density at radius 2 is 2.00 bits per heavy atom. The zero-order chi connectivity index (χ0) is 13.7. The molecule has 1 atom stereocenters. The number of rotatable bonds is 4. The second kappa shape index (κ2) is 6.50. The number of hydrogen-bond donors (Lipinski definition) is 1. The molecule has 1 N–H and O–H groups in total. The van der Waals surface area contributed by atoms with Crippen LogP contribution in [-0.4, -0.2) is 18.6 Å². The highest BCUT2D eigenvalue weighted by Gasteiger charge is 2.16. The van der Waals surface area contributed by atoms with Crippen molar-refractivity contribution in [2.45, 2.75) is 38.3 Å². The van der Waals surface area contributed by atoms with Crippen molar-refractivity contribution < 1.29 is 18.3 Å². The Labute approximate surface area is 111 Å². The predicted molar refractivity (Wildman–Crippen MR) is 67.1 cm³/mol. The molecule has 103 valence electrons. The molecule has 0 bridgehead atoms. The first-order valence-electron chi connectivity index (χ1n) is 6.34. The zero-order valence-electron chi connectivity index (χ0n) is 10.4. The number of carbonyl (C=O) groups is 1. The van der Waals surface area contributed by atoms with Gasteiger partial charge in [-0.3, -0.25) is 4.79 Å². The van der Waals surface area contributed by atoms with Crippen LogP contribution >= 0.6 is 0 Å². The monoisotopic (exact) mass is 268 g/mol. The Kier molecular flexibility index (Phi) is 4.71. The second-order valence-corrected chi connectivity index (χ2v) is 4.50. The minimum atomic E-state index is -2.85. The lowest BCUT2D eigenvalue weighted by Gasteiger charge is -2.22. The molecule has 2 rings (SSSR count). The Morgan fingerprint density at radius 3 is 2.58 bits per heavy atom. The zero-order valence-corrected chi connectivity index (χ0v) is 10.4. The van der Waals surface area contributed by atoms with E-state index in [1.54, 1.807) is 0 Å². The number of carbonyl (C=O) groups excluding carboxylic acids is 1. The van der Waals surface area contributed by atoms with Crippen molar-refractivity contribution >= 4 is 5.91 Å². The van der Waals surface area contributed by atoms with Gasteiger partial charge in [0.2, 0.25) is 0 Å². The third kappa shape index (κ3) is 4.19. The van der Waals surface area contributed by atoms with Crippen LogP contribution in [-0.2, 0) is 0 Å². The SMILES string of the molecule is O=C(NC1[CH]CCCC1)c1ccc(OC(F)F)cc1. The molecule has 1 radical (unpaired) electrons. The molecule has 1 aliphatic rings. The highest BCUT2D eigenvalue weighted by Crippen LogP contribution is 2.18. The molecule has 1 amide bonds. The molecule has 3 nitrogen and oxygen atoms in total. The fourth-order valence-electron chi connectivity index (χ4n) is 2.12. The molecule has 1 fully saturated rings. The van der Waals surface area contributed by atoms with Crippen LogP contribution in [0.25, 0.3) is 0 Å². The first-order chi connectivity index (χ1) is 9.15. The van der Waals surface area contributed by atoms with Crippen molar-refractivity contribution in [3.63, 3.8) is 0 Å². The second-order valence-electron chi connectivity index (χ2n) is 4.50. The number of halogens is 2. The maximum absolute atomic E-state index is 12.0. The van der Waals surface area contributed by atoms with Gasteiger partial charge < -0.3 is 10.1 Å². The number of benzene rings is 1. The van der Waals surface area contributed by atoms with Crippen molar-refractivity contribution in [3.05, 3.63) is 36.2 Å². The van der Waals surface area contributed by atoms with E-state index in [0.717, 1.165) is 19.3 Å². The van der Waals surface area contributed by atoms with Gasteiger partial charge in [-0.2, -0.15) is 8.78 Å². The van der Waals surface area contributed by atoms with E-state index in [9.17, 15) is 13.6 Å². The molecule has 0 aromatic heterocycles. The average Bonchev–Trinajstić information content (AvgIpc) is 2.40. The summed E-state index contributed by atoms with van der Waals surface area (Å²) in [5.41, 5.74) is 0.445. The van der Waals surface area contributed by atoms with Crippen LogP contribution in [0.2, 0.25) is 0 Å². The Morgan fingerprint density at radius 1 is 1.26 bits per heavy atom. The fraction of sp³-hybridized carbons (Fsp3) is 0.429. The summed E-state index contributed by atoms with van der Waals surface area (Å²) in [6, 6.07) is 5.81. The molecule has 0 aliphatic heterocycles. The standard InChI is InChI=1S/C14H16F2NO2/c15-14(16)19-12-8-6-10(7-9-12)13(18)17-11-4-2-1-3-5-11/h4,6-9,11,14H,1-3,5H2,(H,17,18). The van der Waals surface area contributed by atoms with Gasteiger partial charge in [0.1, 0.15) is 5.75 Å². The molecule has 1 saturated carbocycles. The number of alkyl halides is 2. The van der Waals surface area contributed by atoms with Gasteiger partial charge in [0.25, 0.3) is 5.91 Å². The van der Waals surface area contributed by atoms with Gasteiger partial charge in [-0.1, -0.05) is 12.8 Å².